The summed E-state index contributed by atoms with van der Waals surface area (Å²) < 4.78 is 6.09. The van der Waals surface area contributed by atoms with Gasteiger partial charge in [-0.05, 0) is 24.3 Å². The highest BCUT2D eigenvalue weighted by atomic mass is 79.9. The van der Waals surface area contributed by atoms with E-state index >= 15 is 0 Å². The molecule has 4 nitrogen and oxygen atoms in total. The summed E-state index contributed by atoms with van der Waals surface area (Å²) >= 11 is 3.40. The van der Waals surface area contributed by atoms with Gasteiger partial charge < -0.3 is 15.4 Å². The Morgan fingerprint density at radius 1 is 1.32 bits per heavy atom. The minimum atomic E-state index is 0.620. The zero-order valence-corrected chi connectivity index (χ0v) is 12.5. The molecule has 19 heavy (non-hydrogen) atoms. The van der Waals surface area contributed by atoms with Crippen molar-refractivity contribution in [2.45, 2.75) is 6.54 Å². The van der Waals surface area contributed by atoms with Gasteiger partial charge in [0.25, 0.3) is 0 Å². The highest BCUT2D eigenvalue weighted by molar-refractivity contribution is 9.10. The Morgan fingerprint density at radius 2 is 2.11 bits per heavy atom. The summed E-state index contributed by atoms with van der Waals surface area (Å²) in [6, 6.07) is 11.6. The van der Waals surface area contributed by atoms with Crippen LogP contribution in [0, 0.1) is 0 Å². The maximum Gasteiger partial charge on any atom is 0.213 e. The Bertz CT molecular complexity index is 574. The van der Waals surface area contributed by atoms with Crippen LogP contribution >= 0.6 is 15.9 Å². The van der Waals surface area contributed by atoms with E-state index in [0.29, 0.717) is 12.4 Å². The van der Waals surface area contributed by atoms with Crippen molar-refractivity contribution in [1.29, 1.82) is 0 Å². The zero-order valence-electron chi connectivity index (χ0n) is 10.9. The van der Waals surface area contributed by atoms with Gasteiger partial charge in [-0.3, -0.25) is 0 Å². The van der Waals surface area contributed by atoms with Crippen LogP contribution in [-0.4, -0.2) is 19.1 Å². The van der Waals surface area contributed by atoms with Crippen LogP contribution in [0.25, 0.3) is 0 Å². The number of nitrogens with two attached hydrogens (primary N) is 1. The molecule has 1 aromatic heterocycles. The van der Waals surface area contributed by atoms with Crippen LogP contribution in [-0.2, 0) is 6.54 Å². The first-order valence-corrected chi connectivity index (χ1v) is 6.65. The number of anilines is 2. The van der Waals surface area contributed by atoms with Gasteiger partial charge in [0.05, 0.1) is 30.7 Å². The van der Waals surface area contributed by atoms with E-state index in [1.165, 1.54) is 0 Å². The van der Waals surface area contributed by atoms with Crippen LogP contribution in [0.4, 0.5) is 11.4 Å². The highest BCUT2D eigenvalue weighted by Gasteiger charge is 2.07. The third-order valence-corrected chi connectivity index (χ3v) is 3.28. The molecule has 0 unspecified atom stereocenters. The summed E-state index contributed by atoms with van der Waals surface area (Å²) in [6.45, 7) is 0.670. The van der Waals surface area contributed by atoms with Gasteiger partial charge in [-0.2, -0.15) is 0 Å². The third kappa shape index (κ3) is 3.38. The number of rotatable bonds is 4. The number of halogens is 1. The van der Waals surface area contributed by atoms with Gasteiger partial charge in [-0.15, -0.1) is 0 Å². The van der Waals surface area contributed by atoms with E-state index < -0.39 is 0 Å². The van der Waals surface area contributed by atoms with Crippen LogP contribution in [0.2, 0.25) is 0 Å². The SMILES string of the molecule is COc1cccc(CN(C)c2ccc(Br)cc2N)n1. The molecule has 1 heterocycles. The highest BCUT2D eigenvalue weighted by Crippen LogP contribution is 2.26. The Balaban J connectivity index is 2.17. The lowest BCUT2D eigenvalue weighted by atomic mass is 10.2. The first kappa shape index (κ1) is 13.7. The van der Waals surface area contributed by atoms with Crippen LogP contribution < -0.4 is 15.4 Å². The quantitative estimate of drug-likeness (QED) is 0.879. The van der Waals surface area contributed by atoms with Crippen molar-refractivity contribution >= 4 is 27.3 Å². The molecule has 0 fully saturated rings. The van der Waals surface area contributed by atoms with Crippen LogP contribution in [0.1, 0.15) is 5.69 Å². The first-order valence-electron chi connectivity index (χ1n) is 5.86. The molecule has 0 bridgehead atoms. The molecule has 0 radical (unpaired) electrons. The number of hydrogen-bond acceptors (Lipinski definition) is 4. The topological polar surface area (TPSA) is 51.4 Å². The summed E-state index contributed by atoms with van der Waals surface area (Å²) in [7, 11) is 3.60. The second kappa shape index (κ2) is 5.93. The summed E-state index contributed by atoms with van der Waals surface area (Å²) in [6.07, 6.45) is 0. The van der Waals surface area contributed by atoms with Crippen LogP contribution in [0.5, 0.6) is 5.88 Å². The Hall–Kier alpha value is -1.75. The summed E-state index contributed by atoms with van der Waals surface area (Å²) in [5.74, 6) is 0.620. The van der Waals surface area contributed by atoms with E-state index in [1.807, 2.05) is 43.4 Å². The number of methoxy groups -OCH3 is 1. The number of pyridine rings is 1. The normalized spacial score (nSPS) is 10.3. The van der Waals surface area contributed by atoms with E-state index in [9.17, 15) is 0 Å². The number of aromatic nitrogens is 1. The number of benzene rings is 1. The molecule has 2 N–H and O–H groups in total. The van der Waals surface area contributed by atoms with E-state index in [-0.39, 0.29) is 0 Å². The van der Waals surface area contributed by atoms with E-state index in [2.05, 4.69) is 25.8 Å². The van der Waals surface area contributed by atoms with Crippen molar-refractivity contribution in [1.82, 2.24) is 4.98 Å². The molecule has 0 aliphatic rings. The summed E-state index contributed by atoms with van der Waals surface area (Å²) in [4.78, 5) is 6.45. The fourth-order valence-electron chi connectivity index (χ4n) is 1.86. The molecule has 0 amide bonds. The van der Waals surface area contributed by atoms with Gasteiger partial charge in [-0.1, -0.05) is 22.0 Å². The van der Waals surface area contributed by atoms with E-state index in [0.717, 1.165) is 21.5 Å². The van der Waals surface area contributed by atoms with Crippen molar-refractivity contribution < 1.29 is 4.74 Å². The Labute approximate surface area is 121 Å². The molecule has 100 valence electrons. The molecule has 0 spiro atoms. The van der Waals surface area contributed by atoms with E-state index in [4.69, 9.17) is 10.5 Å². The van der Waals surface area contributed by atoms with Crippen molar-refractivity contribution in [2.24, 2.45) is 0 Å². The van der Waals surface area contributed by atoms with Crippen molar-refractivity contribution in [3.63, 3.8) is 0 Å². The number of nitrogens with zero attached hydrogens (tertiary/aromatic N) is 2. The van der Waals surface area contributed by atoms with Gasteiger partial charge in [0.2, 0.25) is 5.88 Å². The van der Waals surface area contributed by atoms with Gasteiger partial charge in [0.1, 0.15) is 0 Å². The maximum atomic E-state index is 6.02. The third-order valence-electron chi connectivity index (χ3n) is 2.79. The van der Waals surface area contributed by atoms with Crippen molar-refractivity contribution in [2.75, 3.05) is 24.8 Å². The molecule has 1 aromatic carbocycles. The minimum absolute atomic E-state index is 0.620. The summed E-state index contributed by atoms with van der Waals surface area (Å²) in [5, 5.41) is 0. The second-order valence-electron chi connectivity index (χ2n) is 4.23. The summed E-state index contributed by atoms with van der Waals surface area (Å²) in [5.41, 5.74) is 8.67. The average Bonchev–Trinajstić information content (AvgIpc) is 2.38. The lowest BCUT2D eigenvalue weighted by Gasteiger charge is -2.21. The minimum Gasteiger partial charge on any atom is -0.481 e. The zero-order chi connectivity index (χ0) is 13.8. The first-order chi connectivity index (χ1) is 9.10. The van der Waals surface area contributed by atoms with Crippen LogP contribution in [0.3, 0.4) is 0 Å². The van der Waals surface area contributed by atoms with Crippen LogP contribution in [0.15, 0.2) is 40.9 Å². The fraction of sp³-hybridized carbons (Fsp3) is 0.214. The Morgan fingerprint density at radius 3 is 2.79 bits per heavy atom. The molecule has 0 atom stereocenters. The van der Waals surface area contributed by atoms with Crippen molar-refractivity contribution in [3.8, 4) is 5.88 Å². The number of ether oxygens (including phenoxy) is 1. The Kier molecular flexibility index (Phi) is 4.27. The molecule has 2 aromatic rings. The van der Waals surface area contributed by atoms with Gasteiger partial charge in [0.15, 0.2) is 0 Å². The molecule has 2 rings (SSSR count). The van der Waals surface area contributed by atoms with Gasteiger partial charge in [-0.25, -0.2) is 4.98 Å². The van der Waals surface area contributed by atoms with E-state index in [1.54, 1.807) is 7.11 Å². The van der Waals surface area contributed by atoms with Gasteiger partial charge >= 0.3 is 0 Å². The molecular formula is C14H16BrN3O. The monoisotopic (exact) mass is 321 g/mol. The smallest absolute Gasteiger partial charge is 0.213 e. The molecule has 0 aliphatic carbocycles. The van der Waals surface area contributed by atoms with Gasteiger partial charge in [0, 0.05) is 17.6 Å². The van der Waals surface area contributed by atoms with Crippen molar-refractivity contribution in [3.05, 3.63) is 46.6 Å². The molecule has 0 aliphatic heterocycles. The lowest BCUT2D eigenvalue weighted by molar-refractivity contribution is 0.396. The lowest BCUT2D eigenvalue weighted by Crippen LogP contribution is -2.18. The fourth-order valence-corrected chi connectivity index (χ4v) is 2.24. The average molecular weight is 322 g/mol. The molecule has 0 saturated carbocycles. The largest absolute Gasteiger partial charge is 0.481 e. The molecule has 0 saturated heterocycles. The predicted molar refractivity (Wildman–Crippen MR) is 81.5 cm³/mol. The standard InChI is InChI=1S/C14H16BrN3O/c1-18(13-7-6-10(15)8-12(13)16)9-11-4-3-5-14(17-11)19-2/h3-8H,9,16H2,1-2H3. The number of nitrogen functional groups attached to an aromatic ring is 1. The second-order valence-corrected chi connectivity index (χ2v) is 5.15. The predicted octanol–water partition coefficient (Wildman–Crippen LogP) is 3.07. The molecular weight excluding hydrogens is 306 g/mol. The maximum absolute atomic E-state index is 6.02. The number of hydrogen-bond donors (Lipinski definition) is 1. The molecule has 5 heteroatoms.